The zero-order chi connectivity index (χ0) is 13.3. The van der Waals surface area contributed by atoms with Crippen molar-refractivity contribution in [3.05, 3.63) is 16.4 Å². The molecule has 0 atom stereocenters. The molecular formula is C13H19ClN4. The summed E-state index contributed by atoms with van der Waals surface area (Å²) in [6, 6.07) is 2.42. The molecule has 4 nitrogen and oxygen atoms in total. The molecule has 0 saturated carbocycles. The molecule has 0 radical (unpaired) electrons. The first-order chi connectivity index (χ1) is 8.45. The Kier molecular flexibility index (Phi) is 3.65. The summed E-state index contributed by atoms with van der Waals surface area (Å²) in [5.74, 6) is 0. The standard InChI is InChI=1S/C13H19ClN4/c1-10-12(14)11(17(3)16-10)8-18-6-4-13(2,9-15)5-7-18/h4-8H2,1-3H3. The Morgan fingerprint density at radius 2 is 2.06 bits per heavy atom. The van der Waals surface area contributed by atoms with Crippen LogP contribution in [-0.4, -0.2) is 27.8 Å². The third-order valence-corrected chi connectivity index (χ3v) is 4.36. The van der Waals surface area contributed by atoms with E-state index in [2.05, 4.69) is 16.1 Å². The largest absolute Gasteiger partial charge is 0.297 e. The molecule has 1 aromatic heterocycles. The second-order valence-corrected chi connectivity index (χ2v) is 5.80. The molecule has 1 aromatic rings. The summed E-state index contributed by atoms with van der Waals surface area (Å²) in [4.78, 5) is 2.35. The fraction of sp³-hybridized carbons (Fsp3) is 0.692. The summed E-state index contributed by atoms with van der Waals surface area (Å²) in [5, 5.41) is 14.2. The van der Waals surface area contributed by atoms with Crippen molar-refractivity contribution in [2.75, 3.05) is 13.1 Å². The summed E-state index contributed by atoms with van der Waals surface area (Å²) in [7, 11) is 1.93. The molecule has 0 N–H and O–H groups in total. The van der Waals surface area contributed by atoms with E-state index in [-0.39, 0.29) is 5.41 Å². The summed E-state index contributed by atoms with van der Waals surface area (Å²) in [5.41, 5.74) is 1.80. The van der Waals surface area contributed by atoms with Crippen LogP contribution in [0.2, 0.25) is 5.02 Å². The third-order valence-electron chi connectivity index (χ3n) is 3.86. The fourth-order valence-electron chi connectivity index (χ4n) is 2.38. The van der Waals surface area contributed by atoms with Gasteiger partial charge >= 0.3 is 0 Å². The number of piperidine rings is 1. The molecule has 0 amide bonds. The van der Waals surface area contributed by atoms with Gasteiger partial charge in [-0.15, -0.1) is 0 Å². The Hall–Kier alpha value is -1.05. The first kappa shape index (κ1) is 13.4. The average molecular weight is 267 g/mol. The van der Waals surface area contributed by atoms with Gasteiger partial charge in [-0.3, -0.25) is 9.58 Å². The van der Waals surface area contributed by atoms with E-state index < -0.39 is 0 Å². The van der Waals surface area contributed by atoms with Crippen molar-refractivity contribution in [3.8, 4) is 6.07 Å². The number of hydrogen-bond acceptors (Lipinski definition) is 3. The van der Waals surface area contributed by atoms with E-state index in [1.807, 2.05) is 25.6 Å². The molecule has 1 aliphatic rings. The van der Waals surface area contributed by atoms with Gasteiger partial charge in [0.1, 0.15) is 0 Å². The van der Waals surface area contributed by atoms with Gasteiger partial charge in [-0.1, -0.05) is 11.6 Å². The minimum absolute atomic E-state index is 0.150. The number of halogens is 1. The van der Waals surface area contributed by atoms with Crippen molar-refractivity contribution in [2.24, 2.45) is 12.5 Å². The highest BCUT2D eigenvalue weighted by atomic mass is 35.5. The van der Waals surface area contributed by atoms with Crippen molar-refractivity contribution >= 4 is 11.6 Å². The number of aryl methyl sites for hydroxylation is 2. The summed E-state index contributed by atoms with van der Waals surface area (Å²) < 4.78 is 1.86. The number of hydrogen-bond donors (Lipinski definition) is 0. The van der Waals surface area contributed by atoms with Crippen LogP contribution in [0.25, 0.3) is 0 Å². The van der Waals surface area contributed by atoms with Gasteiger partial charge in [-0.25, -0.2) is 0 Å². The smallest absolute Gasteiger partial charge is 0.0860 e. The monoisotopic (exact) mass is 266 g/mol. The minimum Gasteiger partial charge on any atom is -0.297 e. The van der Waals surface area contributed by atoms with Gasteiger partial charge in [0.25, 0.3) is 0 Å². The van der Waals surface area contributed by atoms with Crippen LogP contribution < -0.4 is 0 Å². The summed E-state index contributed by atoms with van der Waals surface area (Å²) in [6.45, 7) is 6.69. The second kappa shape index (κ2) is 4.91. The fourth-order valence-corrected chi connectivity index (χ4v) is 2.60. The number of rotatable bonds is 2. The van der Waals surface area contributed by atoms with E-state index in [0.29, 0.717) is 0 Å². The highest BCUT2D eigenvalue weighted by Crippen LogP contribution is 2.31. The van der Waals surface area contributed by atoms with Crippen molar-refractivity contribution < 1.29 is 0 Å². The Morgan fingerprint density at radius 3 is 2.50 bits per heavy atom. The van der Waals surface area contributed by atoms with Gasteiger partial charge < -0.3 is 0 Å². The van der Waals surface area contributed by atoms with Crippen LogP contribution in [0.4, 0.5) is 0 Å². The van der Waals surface area contributed by atoms with E-state index >= 15 is 0 Å². The van der Waals surface area contributed by atoms with Gasteiger partial charge in [0, 0.05) is 26.7 Å². The molecule has 0 unspecified atom stereocenters. The van der Waals surface area contributed by atoms with Crippen LogP contribution in [0.1, 0.15) is 31.2 Å². The average Bonchev–Trinajstić information content (AvgIpc) is 2.59. The van der Waals surface area contributed by atoms with Gasteiger partial charge in [-0.2, -0.15) is 10.4 Å². The van der Waals surface area contributed by atoms with E-state index in [9.17, 15) is 0 Å². The van der Waals surface area contributed by atoms with Crippen LogP contribution >= 0.6 is 11.6 Å². The lowest BCUT2D eigenvalue weighted by Gasteiger charge is -2.34. The van der Waals surface area contributed by atoms with Crippen LogP contribution in [0.3, 0.4) is 0 Å². The van der Waals surface area contributed by atoms with Crippen LogP contribution in [0, 0.1) is 23.7 Å². The Bertz CT molecular complexity index is 478. The molecule has 2 heterocycles. The zero-order valence-corrected chi connectivity index (χ0v) is 12.0. The van der Waals surface area contributed by atoms with Crippen molar-refractivity contribution in [1.29, 1.82) is 5.26 Å². The molecule has 2 rings (SSSR count). The Balaban J connectivity index is 2.02. The Morgan fingerprint density at radius 1 is 1.44 bits per heavy atom. The predicted octanol–water partition coefficient (Wildman–Crippen LogP) is 2.51. The molecule has 18 heavy (non-hydrogen) atoms. The number of nitriles is 1. The molecule has 0 aromatic carbocycles. The number of aromatic nitrogens is 2. The highest BCUT2D eigenvalue weighted by molar-refractivity contribution is 6.31. The van der Waals surface area contributed by atoms with Crippen LogP contribution in [0.5, 0.6) is 0 Å². The van der Waals surface area contributed by atoms with Gasteiger partial charge in [0.15, 0.2) is 0 Å². The zero-order valence-electron chi connectivity index (χ0n) is 11.2. The minimum atomic E-state index is -0.150. The van der Waals surface area contributed by atoms with Gasteiger partial charge in [-0.05, 0) is 26.7 Å². The second-order valence-electron chi connectivity index (χ2n) is 5.42. The predicted molar refractivity (Wildman–Crippen MR) is 71.2 cm³/mol. The molecular weight excluding hydrogens is 248 g/mol. The topological polar surface area (TPSA) is 44.9 Å². The lowest BCUT2D eigenvalue weighted by atomic mass is 9.82. The summed E-state index contributed by atoms with van der Waals surface area (Å²) in [6.07, 6.45) is 1.86. The maximum absolute atomic E-state index is 9.11. The lowest BCUT2D eigenvalue weighted by Crippen LogP contribution is -2.38. The molecule has 5 heteroatoms. The quantitative estimate of drug-likeness (QED) is 0.826. The molecule has 0 bridgehead atoms. The highest BCUT2D eigenvalue weighted by Gasteiger charge is 2.30. The summed E-state index contributed by atoms with van der Waals surface area (Å²) >= 11 is 6.25. The lowest BCUT2D eigenvalue weighted by molar-refractivity contribution is 0.147. The molecule has 1 fully saturated rings. The molecule has 1 aliphatic heterocycles. The normalized spacial score (nSPS) is 19.7. The van der Waals surface area contributed by atoms with Gasteiger partial charge in [0.05, 0.1) is 27.9 Å². The molecule has 0 spiro atoms. The first-order valence-corrected chi connectivity index (χ1v) is 6.64. The first-order valence-electron chi connectivity index (χ1n) is 6.27. The third kappa shape index (κ3) is 2.52. The van der Waals surface area contributed by atoms with Gasteiger partial charge in [0.2, 0.25) is 0 Å². The van der Waals surface area contributed by atoms with Crippen LogP contribution in [-0.2, 0) is 13.6 Å². The number of likely N-dealkylation sites (tertiary alicyclic amines) is 1. The SMILES string of the molecule is Cc1nn(C)c(CN2CCC(C)(C#N)CC2)c1Cl. The number of nitrogens with zero attached hydrogens (tertiary/aromatic N) is 4. The maximum Gasteiger partial charge on any atom is 0.0860 e. The van der Waals surface area contributed by atoms with Crippen LogP contribution in [0.15, 0.2) is 0 Å². The van der Waals surface area contributed by atoms with Crippen molar-refractivity contribution in [3.63, 3.8) is 0 Å². The Labute approximate surface area is 113 Å². The van der Waals surface area contributed by atoms with E-state index in [0.717, 1.165) is 48.9 Å². The van der Waals surface area contributed by atoms with Crippen molar-refractivity contribution in [1.82, 2.24) is 14.7 Å². The van der Waals surface area contributed by atoms with E-state index in [4.69, 9.17) is 16.9 Å². The van der Waals surface area contributed by atoms with E-state index in [1.54, 1.807) is 0 Å². The van der Waals surface area contributed by atoms with E-state index in [1.165, 1.54) is 0 Å². The maximum atomic E-state index is 9.11. The van der Waals surface area contributed by atoms with Crippen molar-refractivity contribution in [2.45, 2.75) is 33.2 Å². The molecule has 0 aliphatic carbocycles. The molecule has 1 saturated heterocycles. The molecule has 98 valence electrons.